The minimum atomic E-state index is -0.446. The van der Waals surface area contributed by atoms with Crippen molar-refractivity contribution in [3.05, 3.63) is 34.9 Å². The van der Waals surface area contributed by atoms with Crippen molar-refractivity contribution in [3.63, 3.8) is 0 Å². The molecule has 0 bridgehead atoms. The van der Waals surface area contributed by atoms with Gasteiger partial charge in [0.05, 0.1) is 10.9 Å². The molecule has 4 heteroatoms. The molecule has 1 rings (SSSR count). The van der Waals surface area contributed by atoms with Crippen molar-refractivity contribution in [2.75, 3.05) is 0 Å². The molecule has 16 heavy (non-hydrogen) atoms. The van der Waals surface area contributed by atoms with Crippen molar-refractivity contribution in [3.8, 4) is 0 Å². The fraction of sp³-hybridized carbons (Fsp3) is 0.417. The van der Waals surface area contributed by atoms with Gasteiger partial charge in [0.25, 0.3) is 5.91 Å². The summed E-state index contributed by atoms with van der Waals surface area (Å²) in [5.74, 6) is -0.144. The van der Waals surface area contributed by atoms with E-state index in [4.69, 9.17) is 23.2 Å². The first-order chi connectivity index (χ1) is 7.33. The van der Waals surface area contributed by atoms with Crippen LogP contribution in [0.4, 0.5) is 0 Å². The fourth-order valence-electron chi connectivity index (χ4n) is 1.07. The minimum Gasteiger partial charge on any atom is -0.346 e. The molecular formula is C12H15Cl2NO. The van der Waals surface area contributed by atoms with Gasteiger partial charge in [-0.1, -0.05) is 11.6 Å². The van der Waals surface area contributed by atoms with Crippen molar-refractivity contribution < 1.29 is 4.79 Å². The van der Waals surface area contributed by atoms with Gasteiger partial charge in [-0.2, -0.15) is 0 Å². The monoisotopic (exact) mass is 259 g/mol. The number of hydrogen-bond donors (Lipinski definition) is 1. The van der Waals surface area contributed by atoms with E-state index < -0.39 is 5.54 Å². The summed E-state index contributed by atoms with van der Waals surface area (Å²) in [6, 6.07) is 6.75. The van der Waals surface area contributed by atoms with Crippen LogP contribution in [0.3, 0.4) is 0 Å². The first kappa shape index (κ1) is 13.3. The molecule has 1 unspecified atom stereocenters. The molecule has 2 nitrogen and oxygen atoms in total. The summed E-state index contributed by atoms with van der Waals surface area (Å²) >= 11 is 11.7. The van der Waals surface area contributed by atoms with Crippen LogP contribution in [0, 0.1) is 0 Å². The van der Waals surface area contributed by atoms with E-state index >= 15 is 0 Å². The second kappa shape index (κ2) is 5.07. The van der Waals surface area contributed by atoms with Gasteiger partial charge < -0.3 is 5.32 Å². The van der Waals surface area contributed by atoms with Crippen LogP contribution in [-0.2, 0) is 0 Å². The zero-order valence-corrected chi connectivity index (χ0v) is 11.1. The van der Waals surface area contributed by atoms with E-state index in [-0.39, 0.29) is 11.3 Å². The lowest BCUT2D eigenvalue weighted by molar-refractivity contribution is 0.0912. The van der Waals surface area contributed by atoms with E-state index in [9.17, 15) is 4.79 Å². The molecule has 0 fully saturated rings. The number of rotatable bonds is 3. The second-order valence-corrected chi connectivity index (χ2v) is 5.39. The molecule has 0 heterocycles. The summed E-state index contributed by atoms with van der Waals surface area (Å²) in [4.78, 5) is 11.9. The topological polar surface area (TPSA) is 29.1 Å². The van der Waals surface area contributed by atoms with Crippen LogP contribution in [-0.4, -0.2) is 16.8 Å². The van der Waals surface area contributed by atoms with E-state index in [1.807, 2.05) is 20.8 Å². The molecule has 1 aromatic rings. The summed E-state index contributed by atoms with van der Waals surface area (Å²) < 4.78 is 0. The van der Waals surface area contributed by atoms with Gasteiger partial charge in [-0.05, 0) is 45.0 Å². The average Bonchev–Trinajstić information content (AvgIpc) is 2.17. The first-order valence-corrected chi connectivity index (χ1v) is 5.86. The Morgan fingerprint density at radius 2 is 1.81 bits per heavy atom. The largest absolute Gasteiger partial charge is 0.346 e. The molecule has 0 radical (unpaired) electrons. The summed E-state index contributed by atoms with van der Waals surface area (Å²) in [5.41, 5.74) is 0.132. The third-order valence-corrected chi connectivity index (χ3v) is 3.33. The van der Waals surface area contributed by atoms with Gasteiger partial charge in [0.2, 0.25) is 0 Å². The highest BCUT2D eigenvalue weighted by molar-refractivity contribution is 6.30. The molecule has 1 atom stereocenters. The fourth-order valence-corrected chi connectivity index (χ4v) is 1.25. The van der Waals surface area contributed by atoms with E-state index in [1.54, 1.807) is 24.3 Å². The van der Waals surface area contributed by atoms with Crippen LogP contribution in [0.25, 0.3) is 0 Å². The standard InChI is InChI=1S/C12H15Cl2NO/c1-8(13)12(2,3)15-11(16)9-4-6-10(14)7-5-9/h4-8H,1-3H3,(H,15,16). The second-order valence-electron chi connectivity index (χ2n) is 4.30. The third-order valence-electron chi connectivity index (χ3n) is 2.54. The Kier molecular flexibility index (Phi) is 4.22. The molecule has 0 aliphatic carbocycles. The number of carbonyl (C=O) groups is 1. The Balaban J connectivity index is 2.77. The van der Waals surface area contributed by atoms with Crippen LogP contribution in [0.2, 0.25) is 5.02 Å². The number of halogens is 2. The van der Waals surface area contributed by atoms with Gasteiger partial charge in [-0.3, -0.25) is 4.79 Å². The van der Waals surface area contributed by atoms with Crippen LogP contribution in [0.15, 0.2) is 24.3 Å². The van der Waals surface area contributed by atoms with Crippen molar-refractivity contribution in [2.24, 2.45) is 0 Å². The smallest absolute Gasteiger partial charge is 0.251 e. The number of hydrogen-bond acceptors (Lipinski definition) is 1. The SMILES string of the molecule is CC(Cl)C(C)(C)NC(=O)c1ccc(Cl)cc1. The van der Waals surface area contributed by atoms with Gasteiger partial charge in [0.15, 0.2) is 0 Å². The van der Waals surface area contributed by atoms with Crippen LogP contribution >= 0.6 is 23.2 Å². The maximum absolute atomic E-state index is 11.9. The molecule has 1 N–H and O–H groups in total. The highest BCUT2D eigenvalue weighted by Crippen LogP contribution is 2.16. The normalized spacial score (nSPS) is 13.3. The molecule has 1 aromatic carbocycles. The first-order valence-electron chi connectivity index (χ1n) is 5.05. The van der Waals surface area contributed by atoms with Crippen molar-refractivity contribution in [1.82, 2.24) is 5.32 Å². The zero-order chi connectivity index (χ0) is 12.3. The average molecular weight is 260 g/mol. The predicted molar refractivity (Wildman–Crippen MR) is 68.3 cm³/mol. The molecular weight excluding hydrogens is 245 g/mol. The quantitative estimate of drug-likeness (QED) is 0.828. The molecule has 0 aliphatic rings. The van der Waals surface area contributed by atoms with E-state index in [1.165, 1.54) is 0 Å². The zero-order valence-electron chi connectivity index (χ0n) is 9.55. The van der Waals surface area contributed by atoms with Crippen LogP contribution < -0.4 is 5.32 Å². The third kappa shape index (κ3) is 3.39. The lowest BCUT2D eigenvalue weighted by Gasteiger charge is -2.28. The Labute approximate surface area is 106 Å². The number of alkyl halides is 1. The Morgan fingerprint density at radius 1 is 1.31 bits per heavy atom. The molecule has 1 amide bonds. The Morgan fingerprint density at radius 3 is 2.25 bits per heavy atom. The summed E-state index contributed by atoms with van der Waals surface area (Å²) in [7, 11) is 0. The number of nitrogens with one attached hydrogen (secondary N) is 1. The Hall–Kier alpha value is -0.730. The van der Waals surface area contributed by atoms with Crippen molar-refractivity contribution in [1.29, 1.82) is 0 Å². The predicted octanol–water partition coefficient (Wildman–Crippen LogP) is 3.48. The highest BCUT2D eigenvalue weighted by Gasteiger charge is 2.26. The van der Waals surface area contributed by atoms with Crippen molar-refractivity contribution in [2.45, 2.75) is 31.7 Å². The molecule has 0 spiro atoms. The lowest BCUT2D eigenvalue weighted by atomic mass is 10.0. The van der Waals surface area contributed by atoms with Crippen molar-refractivity contribution >= 4 is 29.1 Å². The van der Waals surface area contributed by atoms with E-state index in [0.717, 1.165) is 0 Å². The number of carbonyl (C=O) groups excluding carboxylic acids is 1. The molecule has 88 valence electrons. The summed E-state index contributed by atoms with van der Waals surface area (Å²) in [6.07, 6.45) is 0. The minimum absolute atomic E-state index is 0.144. The Bertz CT molecular complexity index is 371. The van der Waals surface area contributed by atoms with Crippen LogP contribution in [0.5, 0.6) is 0 Å². The van der Waals surface area contributed by atoms with Gasteiger partial charge in [0.1, 0.15) is 0 Å². The van der Waals surface area contributed by atoms with Gasteiger partial charge in [-0.15, -0.1) is 11.6 Å². The summed E-state index contributed by atoms with van der Waals surface area (Å²) in [5, 5.41) is 3.34. The van der Waals surface area contributed by atoms with Gasteiger partial charge in [-0.25, -0.2) is 0 Å². The highest BCUT2D eigenvalue weighted by atomic mass is 35.5. The summed E-state index contributed by atoms with van der Waals surface area (Å²) in [6.45, 7) is 5.63. The van der Waals surface area contributed by atoms with E-state index in [2.05, 4.69) is 5.32 Å². The molecule has 0 aromatic heterocycles. The van der Waals surface area contributed by atoms with Gasteiger partial charge in [0, 0.05) is 10.6 Å². The number of benzene rings is 1. The van der Waals surface area contributed by atoms with E-state index in [0.29, 0.717) is 10.6 Å². The molecule has 0 aliphatic heterocycles. The lowest BCUT2D eigenvalue weighted by Crippen LogP contribution is -2.49. The number of amides is 1. The molecule has 0 saturated carbocycles. The maximum Gasteiger partial charge on any atom is 0.251 e. The maximum atomic E-state index is 11.9. The van der Waals surface area contributed by atoms with Gasteiger partial charge >= 0.3 is 0 Å². The molecule has 0 saturated heterocycles. The van der Waals surface area contributed by atoms with Crippen LogP contribution in [0.1, 0.15) is 31.1 Å².